The largest absolute Gasteiger partial charge is 0.497 e. The summed E-state index contributed by atoms with van der Waals surface area (Å²) in [6.07, 6.45) is 0. The molecule has 0 bridgehead atoms. The number of nitro groups is 1. The molecule has 0 radical (unpaired) electrons. The van der Waals surface area contributed by atoms with Crippen LogP contribution >= 0.6 is 0 Å². The summed E-state index contributed by atoms with van der Waals surface area (Å²) in [6.45, 7) is 0. The van der Waals surface area contributed by atoms with Gasteiger partial charge in [0.2, 0.25) is 5.78 Å². The Morgan fingerprint density at radius 3 is 2.29 bits per heavy atom. The van der Waals surface area contributed by atoms with Crippen LogP contribution in [0.3, 0.4) is 0 Å². The Morgan fingerprint density at radius 2 is 1.61 bits per heavy atom. The smallest absolute Gasteiger partial charge is 0.280 e. The number of carbonyl (C=O) groups excluding carboxylic acids is 1. The van der Waals surface area contributed by atoms with Crippen LogP contribution in [-0.4, -0.2) is 22.8 Å². The van der Waals surface area contributed by atoms with Crippen molar-refractivity contribution in [2.45, 2.75) is 0 Å². The highest BCUT2D eigenvalue weighted by molar-refractivity contribution is 6.21. The summed E-state index contributed by atoms with van der Waals surface area (Å²) in [6, 6.07) is 19.3. The first-order chi connectivity index (χ1) is 15.0. The molecule has 0 spiro atoms. The minimum absolute atomic E-state index is 0.0671. The Balaban J connectivity index is 1.93. The van der Waals surface area contributed by atoms with Crippen molar-refractivity contribution in [3.8, 4) is 5.75 Å². The molecule has 4 aromatic rings. The van der Waals surface area contributed by atoms with Crippen molar-refractivity contribution >= 4 is 33.7 Å². The van der Waals surface area contributed by atoms with E-state index in [0.29, 0.717) is 22.2 Å². The fourth-order valence-corrected chi connectivity index (χ4v) is 3.38. The Bertz CT molecular complexity index is 1360. The van der Waals surface area contributed by atoms with Crippen molar-refractivity contribution in [3.63, 3.8) is 0 Å². The van der Waals surface area contributed by atoms with Crippen LogP contribution in [0.25, 0.3) is 10.8 Å². The SMILES string of the molecule is COc1ccc(Nc2[nH]c(=O)c3ccccc3c2C(=O)c2ccccc2[N+](=O)[O-])cc1. The molecule has 1 heterocycles. The molecule has 0 aliphatic heterocycles. The molecule has 2 N–H and O–H groups in total. The molecule has 0 amide bonds. The summed E-state index contributed by atoms with van der Waals surface area (Å²) in [7, 11) is 1.55. The molecular formula is C23H17N3O5. The number of benzene rings is 3. The van der Waals surface area contributed by atoms with Gasteiger partial charge in [0.1, 0.15) is 17.1 Å². The monoisotopic (exact) mass is 415 g/mol. The summed E-state index contributed by atoms with van der Waals surface area (Å²) in [4.78, 5) is 39.8. The molecular weight excluding hydrogens is 398 g/mol. The standard InChI is InChI=1S/C23H17N3O5/c1-31-15-12-10-14(11-13-15)24-22-20(16-6-2-3-7-17(16)23(28)25-22)21(27)18-8-4-5-9-19(18)26(29)30/h2-13H,1H3,(H2,24,25,28). The minimum atomic E-state index is -0.600. The number of hydrogen-bond donors (Lipinski definition) is 2. The van der Waals surface area contributed by atoms with Crippen molar-refractivity contribution in [3.05, 3.63) is 104 Å². The Hall–Kier alpha value is -4.46. The number of fused-ring (bicyclic) bond motifs is 1. The summed E-state index contributed by atoms with van der Waals surface area (Å²) in [5.41, 5.74) is -0.0185. The van der Waals surface area contributed by atoms with Gasteiger partial charge in [0.15, 0.2) is 0 Å². The number of H-pyrrole nitrogens is 1. The zero-order valence-electron chi connectivity index (χ0n) is 16.4. The van der Waals surface area contributed by atoms with E-state index >= 15 is 0 Å². The number of aromatic nitrogens is 1. The van der Waals surface area contributed by atoms with E-state index < -0.39 is 10.7 Å². The van der Waals surface area contributed by atoms with Crippen LogP contribution in [0, 0.1) is 10.1 Å². The molecule has 0 unspecified atom stereocenters. The third-order valence-electron chi connectivity index (χ3n) is 4.86. The molecule has 0 saturated carbocycles. The predicted molar refractivity (Wildman–Crippen MR) is 117 cm³/mol. The lowest BCUT2D eigenvalue weighted by molar-refractivity contribution is -0.385. The number of methoxy groups -OCH3 is 1. The van der Waals surface area contributed by atoms with Gasteiger partial charge in [-0.3, -0.25) is 19.7 Å². The van der Waals surface area contributed by atoms with E-state index in [9.17, 15) is 19.7 Å². The number of hydrogen-bond acceptors (Lipinski definition) is 6. The van der Waals surface area contributed by atoms with Gasteiger partial charge in [-0.15, -0.1) is 0 Å². The number of aromatic amines is 1. The Morgan fingerprint density at radius 1 is 0.968 bits per heavy atom. The number of nitrogens with one attached hydrogen (secondary N) is 2. The molecule has 3 aromatic carbocycles. The lowest BCUT2D eigenvalue weighted by Gasteiger charge is -2.14. The Labute approximate surface area is 176 Å². The summed E-state index contributed by atoms with van der Waals surface area (Å²) in [5.74, 6) is 0.224. The fourth-order valence-electron chi connectivity index (χ4n) is 3.38. The van der Waals surface area contributed by atoms with Gasteiger partial charge in [0, 0.05) is 22.5 Å². The number of para-hydroxylation sites is 1. The molecule has 0 fully saturated rings. The van der Waals surface area contributed by atoms with Crippen molar-refractivity contribution in [1.29, 1.82) is 0 Å². The van der Waals surface area contributed by atoms with Crippen molar-refractivity contribution in [1.82, 2.24) is 4.98 Å². The van der Waals surface area contributed by atoms with Gasteiger partial charge in [0.05, 0.1) is 17.6 Å². The van der Waals surface area contributed by atoms with Gasteiger partial charge in [0.25, 0.3) is 11.2 Å². The fraction of sp³-hybridized carbons (Fsp3) is 0.0435. The van der Waals surface area contributed by atoms with Crippen molar-refractivity contribution in [2.24, 2.45) is 0 Å². The summed E-state index contributed by atoms with van der Waals surface area (Å²) in [5, 5.41) is 15.2. The van der Waals surface area contributed by atoms with Crippen molar-refractivity contribution < 1.29 is 14.5 Å². The van der Waals surface area contributed by atoms with E-state index in [2.05, 4.69) is 10.3 Å². The summed E-state index contributed by atoms with van der Waals surface area (Å²) >= 11 is 0. The first-order valence-corrected chi connectivity index (χ1v) is 9.34. The Kier molecular flexibility index (Phi) is 5.19. The number of ether oxygens (including phenoxy) is 1. The van der Waals surface area contributed by atoms with Crippen LogP contribution in [0.2, 0.25) is 0 Å². The third kappa shape index (κ3) is 3.74. The van der Waals surface area contributed by atoms with Crippen LogP contribution in [-0.2, 0) is 0 Å². The van der Waals surface area contributed by atoms with E-state index in [0.717, 1.165) is 0 Å². The molecule has 0 saturated heterocycles. The molecule has 0 atom stereocenters. The molecule has 4 rings (SSSR count). The number of nitrogens with zero attached hydrogens (tertiary/aromatic N) is 1. The van der Waals surface area contributed by atoms with Gasteiger partial charge < -0.3 is 15.0 Å². The molecule has 31 heavy (non-hydrogen) atoms. The third-order valence-corrected chi connectivity index (χ3v) is 4.86. The maximum atomic E-state index is 13.5. The predicted octanol–water partition coefficient (Wildman–Crippen LogP) is 4.42. The van der Waals surface area contributed by atoms with Crippen LogP contribution in [0.5, 0.6) is 5.75 Å². The number of nitro benzene ring substituents is 1. The maximum absolute atomic E-state index is 13.5. The number of carbonyl (C=O) groups is 1. The molecule has 8 nitrogen and oxygen atoms in total. The molecule has 0 aliphatic carbocycles. The highest BCUT2D eigenvalue weighted by Gasteiger charge is 2.25. The second-order valence-corrected chi connectivity index (χ2v) is 6.71. The lowest BCUT2D eigenvalue weighted by atomic mass is 9.97. The molecule has 8 heteroatoms. The molecule has 1 aromatic heterocycles. The first-order valence-electron chi connectivity index (χ1n) is 9.34. The van der Waals surface area contributed by atoms with Gasteiger partial charge in [-0.2, -0.15) is 0 Å². The van der Waals surface area contributed by atoms with Crippen LogP contribution in [0.4, 0.5) is 17.2 Å². The van der Waals surface area contributed by atoms with Gasteiger partial charge in [-0.25, -0.2) is 0 Å². The van der Waals surface area contributed by atoms with E-state index in [1.807, 2.05) is 0 Å². The van der Waals surface area contributed by atoms with E-state index in [4.69, 9.17) is 4.74 Å². The first kappa shape index (κ1) is 19.8. The zero-order chi connectivity index (χ0) is 22.0. The van der Waals surface area contributed by atoms with Crippen LogP contribution < -0.4 is 15.6 Å². The second-order valence-electron chi connectivity index (χ2n) is 6.71. The average Bonchev–Trinajstić information content (AvgIpc) is 2.79. The number of anilines is 2. The van der Waals surface area contributed by atoms with Crippen molar-refractivity contribution in [2.75, 3.05) is 12.4 Å². The average molecular weight is 415 g/mol. The topological polar surface area (TPSA) is 114 Å². The van der Waals surface area contributed by atoms with Crippen LogP contribution in [0.1, 0.15) is 15.9 Å². The normalized spacial score (nSPS) is 10.6. The maximum Gasteiger partial charge on any atom is 0.280 e. The zero-order valence-corrected chi connectivity index (χ0v) is 16.4. The van der Waals surface area contributed by atoms with Gasteiger partial charge >= 0.3 is 0 Å². The van der Waals surface area contributed by atoms with E-state index in [-0.39, 0.29) is 28.2 Å². The second kappa shape index (κ2) is 8.11. The molecule has 154 valence electrons. The number of pyridine rings is 1. The van der Waals surface area contributed by atoms with Gasteiger partial charge in [-0.05, 0) is 36.4 Å². The quantitative estimate of drug-likeness (QED) is 0.274. The summed E-state index contributed by atoms with van der Waals surface area (Å²) < 4.78 is 5.15. The minimum Gasteiger partial charge on any atom is -0.497 e. The number of rotatable bonds is 6. The van der Waals surface area contributed by atoms with E-state index in [1.54, 1.807) is 61.7 Å². The lowest BCUT2D eigenvalue weighted by Crippen LogP contribution is -2.16. The highest BCUT2D eigenvalue weighted by atomic mass is 16.6. The van der Waals surface area contributed by atoms with Gasteiger partial charge in [-0.1, -0.05) is 30.3 Å². The highest BCUT2D eigenvalue weighted by Crippen LogP contribution is 2.30. The van der Waals surface area contributed by atoms with E-state index in [1.165, 1.54) is 18.2 Å². The van der Waals surface area contributed by atoms with Crippen LogP contribution in [0.15, 0.2) is 77.6 Å². The molecule has 0 aliphatic rings. The number of ketones is 1.